The molecular formula is C17H23NS. The van der Waals surface area contributed by atoms with Crippen molar-refractivity contribution in [3.63, 3.8) is 0 Å². The molecule has 0 radical (unpaired) electrons. The van der Waals surface area contributed by atoms with Crippen LogP contribution >= 0.6 is 11.3 Å². The first-order chi connectivity index (χ1) is 8.99. The summed E-state index contributed by atoms with van der Waals surface area (Å²) in [6, 6.07) is 4.68. The fraction of sp³-hybridized carbons (Fsp3) is 0.588. The van der Waals surface area contributed by atoms with Gasteiger partial charge in [0.25, 0.3) is 0 Å². The SMILES string of the molecule is CCC(C)(C)C1CCc2nc3sc(C)cc3cc2C1. The van der Waals surface area contributed by atoms with Crippen molar-refractivity contribution in [2.75, 3.05) is 0 Å². The van der Waals surface area contributed by atoms with Gasteiger partial charge in [0.1, 0.15) is 4.83 Å². The smallest absolute Gasteiger partial charge is 0.123 e. The van der Waals surface area contributed by atoms with Crippen molar-refractivity contribution < 1.29 is 0 Å². The van der Waals surface area contributed by atoms with E-state index in [1.807, 2.05) is 11.3 Å². The Kier molecular flexibility index (Phi) is 3.17. The second kappa shape index (κ2) is 4.59. The lowest BCUT2D eigenvalue weighted by atomic mass is 9.69. The highest BCUT2D eigenvalue weighted by Gasteiger charge is 2.31. The summed E-state index contributed by atoms with van der Waals surface area (Å²) in [6.07, 6.45) is 4.95. The van der Waals surface area contributed by atoms with Crippen molar-refractivity contribution in [2.45, 2.75) is 53.4 Å². The van der Waals surface area contributed by atoms with Crippen LogP contribution in [0.2, 0.25) is 0 Å². The van der Waals surface area contributed by atoms with Gasteiger partial charge in [-0.3, -0.25) is 0 Å². The molecule has 2 aromatic heterocycles. The highest BCUT2D eigenvalue weighted by molar-refractivity contribution is 7.18. The molecule has 3 rings (SSSR count). The van der Waals surface area contributed by atoms with Gasteiger partial charge in [-0.25, -0.2) is 4.98 Å². The molecule has 0 aromatic carbocycles. The van der Waals surface area contributed by atoms with Crippen LogP contribution in [-0.2, 0) is 12.8 Å². The number of thiophene rings is 1. The average Bonchev–Trinajstić information content (AvgIpc) is 2.74. The molecule has 0 saturated carbocycles. The van der Waals surface area contributed by atoms with Crippen LogP contribution in [-0.4, -0.2) is 4.98 Å². The maximum Gasteiger partial charge on any atom is 0.123 e. The van der Waals surface area contributed by atoms with Crippen LogP contribution in [0.5, 0.6) is 0 Å². The molecular weight excluding hydrogens is 250 g/mol. The normalized spacial score (nSPS) is 19.7. The van der Waals surface area contributed by atoms with Crippen LogP contribution in [0, 0.1) is 18.3 Å². The average molecular weight is 273 g/mol. The third-order valence-electron chi connectivity index (χ3n) is 5.01. The molecule has 0 aliphatic heterocycles. The largest absolute Gasteiger partial charge is 0.242 e. The number of hydrogen-bond acceptors (Lipinski definition) is 2. The first kappa shape index (κ1) is 13.1. The molecule has 102 valence electrons. The molecule has 0 fully saturated rings. The Labute approximate surface area is 120 Å². The third-order valence-corrected chi connectivity index (χ3v) is 5.97. The molecule has 0 saturated heterocycles. The third kappa shape index (κ3) is 2.31. The number of nitrogens with zero attached hydrogens (tertiary/aromatic N) is 1. The summed E-state index contributed by atoms with van der Waals surface area (Å²) in [5, 5.41) is 1.34. The van der Waals surface area contributed by atoms with E-state index in [2.05, 4.69) is 39.8 Å². The van der Waals surface area contributed by atoms with Crippen molar-refractivity contribution in [1.29, 1.82) is 0 Å². The summed E-state index contributed by atoms with van der Waals surface area (Å²) in [4.78, 5) is 7.49. The lowest BCUT2D eigenvalue weighted by Gasteiger charge is -2.36. The number of aromatic nitrogens is 1. The van der Waals surface area contributed by atoms with E-state index in [0.29, 0.717) is 5.41 Å². The standard InChI is InChI=1S/C17H23NS/c1-5-17(3,4)14-6-7-15-12(10-14)9-13-8-11(2)19-16(13)18-15/h8-9,14H,5-7,10H2,1-4H3. The number of aryl methyl sites for hydroxylation is 2. The molecule has 0 spiro atoms. The zero-order chi connectivity index (χ0) is 13.6. The van der Waals surface area contributed by atoms with Crippen LogP contribution in [0.3, 0.4) is 0 Å². The van der Waals surface area contributed by atoms with Crippen LogP contribution in [0.4, 0.5) is 0 Å². The first-order valence-electron chi connectivity index (χ1n) is 7.38. The number of pyridine rings is 1. The minimum Gasteiger partial charge on any atom is -0.242 e. The summed E-state index contributed by atoms with van der Waals surface area (Å²) in [6.45, 7) is 9.33. The number of hydrogen-bond donors (Lipinski definition) is 0. The minimum atomic E-state index is 0.456. The highest BCUT2D eigenvalue weighted by Crippen LogP contribution is 2.40. The Morgan fingerprint density at radius 3 is 2.89 bits per heavy atom. The van der Waals surface area contributed by atoms with Gasteiger partial charge in [0.15, 0.2) is 0 Å². The summed E-state index contributed by atoms with van der Waals surface area (Å²) < 4.78 is 0. The Bertz CT molecular complexity index is 609. The quantitative estimate of drug-likeness (QED) is 0.737. The Morgan fingerprint density at radius 2 is 2.16 bits per heavy atom. The lowest BCUT2D eigenvalue weighted by Crippen LogP contribution is -2.29. The molecule has 2 heterocycles. The topological polar surface area (TPSA) is 12.9 Å². The molecule has 2 aromatic rings. The van der Waals surface area contributed by atoms with Crippen LogP contribution < -0.4 is 0 Å². The summed E-state index contributed by atoms with van der Waals surface area (Å²) in [5.41, 5.74) is 3.32. The molecule has 0 amide bonds. The van der Waals surface area contributed by atoms with Gasteiger partial charge in [-0.1, -0.05) is 27.2 Å². The molecule has 0 bridgehead atoms. The molecule has 2 heteroatoms. The van der Waals surface area contributed by atoms with Crippen LogP contribution in [0.15, 0.2) is 12.1 Å². The molecule has 1 unspecified atom stereocenters. The number of fused-ring (bicyclic) bond motifs is 2. The van der Waals surface area contributed by atoms with E-state index in [1.54, 1.807) is 0 Å². The van der Waals surface area contributed by atoms with Gasteiger partial charge in [-0.2, -0.15) is 0 Å². The van der Waals surface area contributed by atoms with Gasteiger partial charge in [0.05, 0.1) is 0 Å². The van der Waals surface area contributed by atoms with Crippen molar-refractivity contribution >= 4 is 21.6 Å². The summed E-state index contributed by atoms with van der Waals surface area (Å²) >= 11 is 1.82. The van der Waals surface area contributed by atoms with Gasteiger partial charge in [-0.15, -0.1) is 11.3 Å². The van der Waals surface area contributed by atoms with E-state index in [4.69, 9.17) is 4.98 Å². The molecule has 19 heavy (non-hydrogen) atoms. The summed E-state index contributed by atoms with van der Waals surface area (Å²) in [7, 11) is 0. The monoisotopic (exact) mass is 273 g/mol. The first-order valence-corrected chi connectivity index (χ1v) is 8.20. The predicted octanol–water partition coefficient (Wildman–Crippen LogP) is 5.15. The van der Waals surface area contributed by atoms with Crippen molar-refractivity contribution in [2.24, 2.45) is 11.3 Å². The molecule has 1 aliphatic carbocycles. The molecule has 1 nitrogen and oxygen atoms in total. The van der Waals surface area contributed by atoms with Crippen molar-refractivity contribution in [3.8, 4) is 0 Å². The second-order valence-electron chi connectivity index (χ2n) is 6.63. The van der Waals surface area contributed by atoms with E-state index in [1.165, 1.54) is 45.6 Å². The van der Waals surface area contributed by atoms with Gasteiger partial charge in [-0.05, 0) is 55.2 Å². The Hall–Kier alpha value is -0.890. The van der Waals surface area contributed by atoms with Crippen LogP contribution in [0.1, 0.15) is 49.7 Å². The highest BCUT2D eigenvalue weighted by atomic mass is 32.1. The zero-order valence-corrected chi connectivity index (χ0v) is 13.2. The van der Waals surface area contributed by atoms with Gasteiger partial charge in [0, 0.05) is 16.0 Å². The fourth-order valence-electron chi connectivity index (χ4n) is 3.21. The second-order valence-corrected chi connectivity index (χ2v) is 7.86. The lowest BCUT2D eigenvalue weighted by molar-refractivity contribution is 0.182. The Balaban J connectivity index is 1.98. The molecule has 1 atom stereocenters. The number of rotatable bonds is 2. The van der Waals surface area contributed by atoms with E-state index in [-0.39, 0.29) is 0 Å². The maximum absolute atomic E-state index is 4.90. The van der Waals surface area contributed by atoms with Crippen molar-refractivity contribution in [1.82, 2.24) is 4.98 Å². The van der Waals surface area contributed by atoms with E-state index < -0.39 is 0 Å². The summed E-state index contributed by atoms with van der Waals surface area (Å²) in [5.74, 6) is 0.809. The Morgan fingerprint density at radius 1 is 1.37 bits per heavy atom. The van der Waals surface area contributed by atoms with E-state index >= 15 is 0 Å². The van der Waals surface area contributed by atoms with E-state index in [9.17, 15) is 0 Å². The minimum absolute atomic E-state index is 0.456. The van der Waals surface area contributed by atoms with Gasteiger partial charge < -0.3 is 0 Å². The van der Waals surface area contributed by atoms with Crippen LogP contribution in [0.25, 0.3) is 10.2 Å². The van der Waals surface area contributed by atoms with Gasteiger partial charge >= 0.3 is 0 Å². The zero-order valence-electron chi connectivity index (χ0n) is 12.4. The molecule has 1 aliphatic rings. The predicted molar refractivity (Wildman–Crippen MR) is 83.9 cm³/mol. The molecule has 0 N–H and O–H groups in total. The van der Waals surface area contributed by atoms with E-state index in [0.717, 1.165) is 12.3 Å². The van der Waals surface area contributed by atoms with Gasteiger partial charge in [0.2, 0.25) is 0 Å². The fourth-order valence-corrected chi connectivity index (χ4v) is 4.09. The van der Waals surface area contributed by atoms with Crippen molar-refractivity contribution in [3.05, 3.63) is 28.3 Å². The maximum atomic E-state index is 4.90.